The summed E-state index contributed by atoms with van der Waals surface area (Å²) < 4.78 is 41.2. The van der Waals surface area contributed by atoms with Crippen LogP contribution in [-0.2, 0) is 4.74 Å². The Kier molecular flexibility index (Phi) is 8.60. The molecule has 0 aromatic rings. The van der Waals surface area contributed by atoms with Crippen LogP contribution in [0.5, 0.6) is 0 Å². The summed E-state index contributed by atoms with van der Waals surface area (Å²) in [6.07, 6.45) is -1.83. The van der Waals surface area contributed by atoms with Gasteiger partial charge in [-0.15, -0.1) is 0 Å². The number of rotatable bonds is 9. The van der Waals surface area contributed by atoms with Gasteiger partial charge in [0.25, 0.3) is 0 Å². The first-order chi connectivity index (χ1) is 7.89. The second-order valence-electron chi connectivity index (χ2n) is 4.33. The Labute approximate surface area is 101 Å². The van der Waals surface area contributed by atoms with Crippen LogP contribution in [0, 0.1) is 0 Å². The number of ether oxygens (including phenoxy) is 1. The van der Waals surface area contributed by atoms with E-state index in [9.17, 15) is 13.2 Å². The van der Waals surface area contributed by atoms with E-state index in [2.05, 4.69) is 6.92 Å². The first kappa shape index (κ1) is 16.7. The summed E-state index contributed by atoms with van der Waals surface area (Å²) in [5.41, 5.74) is 0. The van der Waals surface area contributed by atoms with Crippen molar-refractivity contribution in [2.24, 2.45) is 0 Å². The lowest BCUT2D eigenvalue weighted by atomic mass is 10.1. The molecule has 0 saturated heterocycles. The van der Waals surface area contributed by atoms with Crippen LogP contribution >= 0.6 is 0 Å². The van der Waals surface area contributed by atoms with Crippen molar-refractivity contribution in [3.8, 4) is 0 Å². The van der Waals surface area contributed by atoms with Gasteiger partial charge in [-0.2, -0.15) is 13.2 Å². The van der Waals surface area contributed by atoms with Crippen LogP contribution in [0.25, 0.3) is 0 Å². The Balaban J connectivity index is 3.48. The maximum absolute atomic E-state index is 12.1. The molecule has 1 N–H and O–H groups in total. The molecule has 0 aliphatic heterocycles. The smallest absolute Gasteiger partial charge is 0.381 e. The molecule has 0 saturated carbocycles. The molecule has 5 heteroatoms. The molecule has 0 amide bonds. The molecule has 0 fully saturated rings. The Hall–Kier alpha value is -0.290. The summed E-state index contributed by atoms with van der Waals surface area (Å²) >= 11 is 0. The SMILES string of the molecule is CCCCCCCCO[C@@H](C)[C@H](O)C(F)(F)F. The Morgan fingerprint density at radius 1 is 1.06 bits per heavy atom. The molecule has 0 aromatic carbocycles. The minimum absolute atomic E-state index is 0.278. The maximum atomic E-state index is 12.1. The van der Waals surface area contributed by atoms with Gasteiger partial charge in [-0.25, -0.2) is 0 Å². The third-order valence-corrected chi connectivity index (χ3v) is 2.66. The maximum Gasteiger partial charge on any atom is 0.416 e. The molecule has 0 spiro atoms. The van der Waals surface area contributed by atoms with E-state index in [-0.39, 0.29) is 6.61 Å². The van der Waals surface area contributed by atoms with Crippen LogP contribution in [0.4, 0.5) is 13.2 Å². The lowest BCUT2D eigenvalue weighted by molar-refractivity contribution is -0.234. The highest BCUT2D eigenvalue weighted by Crippen LogP contribution is 2.23. The number of unbranched alkanes of at least 4 members (excludes halogenated alkanes) is 5. The van der Waals surface area contributed by atoms with Crippen molar-refractivity contribution in [3.05, 3.63) is 0 Å². The molecule has 0 unspecified atom stereocenters. The van der Waals surface area contributed by atoms with Crippen LogP contribution in [0.2, 0.25) is 0 Å². The molecule has 0 rings (SSSR count). The predicted molar refractivity (Wildman–Crippen MR) is 60.9 cm³/mol. The van der Waals surface area contributed by atoms with Gasteiger partial charge in [0.2, 0.25) is 0 Å². The van der Waals surface area contributed by atoms with Crippen molar-refractivity contribution >= 4 is 0 Å². The first-order valence-corrected chi connectivity index (χ1v) is 6.26. The fourth-order valence-electron chi connectivity index (χ4n) is 1.51. The lowest BCUT2D eigenvalue weighted by Gasteiger charge is -2.21. The average molecular weight is 256 g/mol. The summed E-state index contributed by atoms with van der Waals surface area (Å²) in [6.45, 7) is 3.65. The number of aliphatic hydroxyl groups is 1. The molecule has 0 bridgehead atoms. The van der Waals surface area contributed by atoms with Gasteiger partial charge < -0.3 is 9.84 Å². The van der Waals surface area contributed by atoms with Crippen molar-refractivity contribution in [1.29, 1.82) is 0 Å². The van der Waals surface area contributed by atoms with Crippen molar-refractivity contribution in [3.63, 3.8) is 0 Å². The van der Waals surface area contributed by atoms with Crippen LogP contribution in [-0.4, -0.2) is 30.1 Å². The van der Waals surface area contributed by atoms with Crippen LogP contribution in [0.15, 0.2) is 0 Å². The third-order valence-electron chi connectivity index (χ3n) is 2.66. The van der Waals surface area contributed by atoms with Gasteiger partial charge in [-0.3, -0.25) is 0 Å². The van der Waals surface area contributed by atoms with Crippen LogP contribution < -0.4 is 0 Å². The van der Waals surface area contributed by atoms with E-state index < -0.39 is 18.4 Å². The largest absolute Gasteiger partial charge is 0.416 e. The highest BCUT2D eigenvalue weighted by molar-refractivity contribution is 4.72. The van der Waals surface area contributed by atoms with Gasteiger partial charge in [0.1, 0.15) is 0 Å². The number of halogens is 3. The van der Waals surface area contributed by atoms with Crippen LogP contribution in [0.1, 0.15) is 52.4 Å². The molecule has 2 atom stereocenters. The van der Waals surface area contributed by atoms with E-state index in [0.29, 0.717) is 0 Å². The third kappa shape index (κ3) is 8.44. The van der Waals surface area contributed by atoms with E-state index in [0.717, 1.165) is 25.7 Å². The van der Waals surface area contributed by atoms with E-state index >= 15 is 0 Å². The highest BCUT2D eigenvalue weighted by atomic mass is 19.4. The van der Waals surface area contributed by atoms with Crippen molar-refractivity contribution in [2.75, 3.05) is 6.61 Å². The fourth-order valence-corrected chi connectivity index (χ4v) is 1.51. The quantitative estimate of drug-likeness (QED) is 0.638. The van der Waals surface area contributed by atoms with Crippen molar-refractivity contribution < 1.29 is 23.0 Å². The van der Waals surface area contributed by atoms with E-state index in [1.54, 1.807) is 0 Å². The Morgan fingerprint density at radius 3 is 2.12 bits per heavy atom. The van der Waals surface area contributed by atoms with Crippen LogP contribution in [0.3, 0.4) is 0 Å². The molecule has 0 heterocycles. The number of alkyl halides is 3. The molecular weight excluding hydrogens is 233 g/mol. The molecule has 0 aromatic heterocycles. The van der Waals surface area contributed by atoms with E-state index in [1.807, 2.05) is 0 Å². The summed E-state index contributed by atoms with van der Waals surface area (Å²) in [5, 5.41) is 8.88. The van der Waals surface area contributed by atoms with Gasteiger partial charge >= 0.3 is 6.18 Å². The molecule has 17 heavy (non-hydrogen) atoms. The van der Waals surface area contributed by atoms with Gasteiger partial charge in [0.05, 0.1) is 6.10 Å². The first-order valence-electron chi connectivity index (χ1n) is 6.26. The Morgan fingerprint density at radius 2 is 1.59 bits per heavy atom. The van der Waals surface area contributed by atoms with Gasteiger partial charge in [-0.05, 0) is 13.3 Å². The van der Waals surface area contributed by atoms with E-state index in [4.69, 9.17) is 9.84 Å². The normalized spacial score (nSPS) is 15.9. The summed E-state index contributed by atoms with van der Waals surface area (Å²) in [7, 11) is 0. The number of aliphatic hydroxyl groups excluding tert-OH is 1. The average Bonchev–Trinajstić information content (AvgIpc) is 2.25. The van der Waals surface area contributed by atoms with Crippen molar-refractivity contribution in [1.82, 2.24) is 0 Å². The molecule has 2 nitrogen and oxygen atoms in total. The minimum atomic E-state index is -4.60. The summed E-state index contributed by atoms with van der Waals surface area (Å²) in [5.74, 6) is 0. The standard InChI is InChI=1S/C12H23F3O2/c1-3-4-5-6-7-8-9-17-10(2)11(16)12(13,14)15/h10-11,16H,3-9H2,1-2H3/t10-,11-/m0/s1. The molecule has 0 aliphatic rings. The van der Waals surface area contributed by atoms with Gasteiger partial charge in [0.15, 0.2) is 6.10 Å². The van der Waals surface area contributed by atoms with Gasteiger partial charge in [0, 0.05) is 6.61 Å². The fraction of sp³-hybridized carbons (Fsp3) is 1.00. The highest BCUT2D eigenvalue weighted by Gasteiger charge is 2.42. The zero-order chi connectivity index (χ0) is 13.3. The summed E-state index contributed by atoms with van der Waals surface area (Å²) in [4.78, 5) is 0. The number of hydrogen-bond donors (Lipinski definition) is 1. The second-order valence-corrected chi connectivity index (χ2v) is 4.33. The number of hydrogen-bond acceptors (Lipinski definition) is 2. The van der Waals surface area contributed by atoms with Crippen molar-refractivity contribution in [2.45, 2.75) is 70.8 Å². The van der Waals surface area contributed by atoms with E-state index in [1.165, 1.54) is 19.8 Å². The zero-order valence-corrected chi connectivity index (χ0v) is 10.6. The monoisotopic (exact) mass is 256 g/mol. The molecular formula is C12H23F3O2. The lowest BCUT2D eigenvalue weighted by Crippen LogP contribution is -2.39. The molecule has 0 radical (unpaired) electrons. The molecule has 0 aliphatic carbocycles. The topological polar surface area (TPSA) is 29.5 Å². The zero-order valence-electron chi connectivity index (χ0n) is 10.6. The van der Waals surface area contributed by atoms with Gasteiger partial charge in [-0.1, -0.05) is 39.0 Å². The molecule has 104 valence electrons. The Bertz CT molecular complexity index is 183. The predicted octanol–water partition coefficient (Wildman–Crippen LogP) is 3.68. The summed E-state index contributed by atoms with van der Waals surface area (Å²) in [6, 6.07) is 0. The minimum Gasteiger partial charge on any atom is -0.381 e. The second kappa shape index (κ2) is 8.75.